The molecule has 3 aromatic rings. The van der Waals surface area contributed by atoms with E-state index in [1.165, 1.54) is 12.1 Å². The molecule has 24 heavy (non-hydrogen) atoms. The summed E-state index contributed by atoms with van der Waals surface area (Å²) < 4.78 is 1.74. The van der Waals surface area contributed by atoms with Crippen LogP contribution in [0.3, 0.4) is 0 Å². The summed E-state index contributed by atoms with van der Waals surface area (Å²) in [5, 5.41) is 22.3. The van der Waals surface area contributed by atoms with Crippen LogP contribution in [0.25, 0.3) is 17.8 Å². The summed E-state index contributed by atoms with van der Waals surface area (Å²) in [7, 11) is 0. The van der Waals surface area contributed by atoms with Crippen molar-refractivity contribution in [2.75, 3.05) is 0 Å². The second kappa shape index (κ2) is 6.58. The number of carboxylic acids is 1. The molecule has 0 saturated carbocycles. The van der Waals surface area contributed by atoms with Gasteiger partial charge < -0.3 is 5.11 Å². The molecule has 0 aliphatic heterocycles. The van der Waals surface area contributed by atoms with Crippen molar-refractivity contribution in [3.8, 4) is 11.8 Å². The third-order valence-corrected chi connectivity index (χ3v) is 3.34. The molecule has 0 unspecified atom stereocenters. The number of carboxylic acid groups (broad SMARTS) is 1. The number of rotatable bonds is 4. The number of pyridine rings is 1. The van der Waals surface area contributed by atoms with E-state index in [1.54, 1.807) is 23.0 Å². The van der Waals surface area contributed by atoms with Crippen LogP contribution in [0, 0.1) is 11.3 Å². The molecule has 0 amide bonds. The van der Waals surface area contributed by atoms with Gasteiger partial charge in [0.1, 0.15) is 11.8 Å². The Labute approximate surface area is 137 Å². The molecule has 6 nitrogen and oxygen atoms in total. The number of aromatic nitrogens is 3. The Morgan fingerprint density at radius 2 is 2.08 bits per heavy atom. The summed E-state index contributed by atoms with van der Waals surface area (Å²) in [5.74, 6) is -1.13. The van der Waals surface area contributed by atoms with Crippen molar-refractivity contribution in [1.82, 2.24) is 14.8 Å². The van der Waals surface area contributed by atoms with Crippen molar-refractivity contribution in [3.63, 3.8) is 0 Å². The Balaban J connectivity index is 1.94. The topological polar surface area (TPSA) is 91.8 Å². The summed E-state index contributed by atoms with van der Waals surface area (Å²) in [6.07, 6.45) is 6.95. The fourth-order valence-electron chi connectivity index (χ4n) is 2.18. The van der Waals surface area contributed by atoms with Gasteiger partial charge in [0.05, 0.1) is 16.9 Å². The first-order valence-corrected chi connectivity index (χ1v) is 7.10. The molecule has 0 spiro atoms. The summed E-state index contributed by atoms with van der Waals surface area (Å²) in [5.41, 5.74) is 2.32. The van der Waals surface area contributed by atoms with Gasteiger partial charge in [-0.2, -0.15) is 10.4 Å². The molecule has 6 heteroatoms. The van der Waals surface area contributed by atoms with Crippen molar-refractivity contribution in [1.29, 1.82) is 5.26 Å². The van der Waals surface area contributed by atoms with Gasteiger partial charge in [0, 0.05) is 12.4 Å². The van der Waals surface area contributed by atoms with Crippen LogP contribution in [0.2, 0.25) is 0 Å². The number of hydrogen-bond acceptors (Lipinski definition) is 4. The van der Waals surface area contributed by atoms with Crippen LogP contribution in [0.15, 0.2) is 54.9 Å². The van der Waals surface area contributed by atoms with Gasteiger partial charge >= 0.3 is 5.97 Å². The molecule has 1 aromatic carbocycles. The van der Waals surface area contributed by atoms with E-state index >= 15 is 0 Å². The van der Waals surface area contributed by atoms with Gasteiger partial charge in [-0.1, -0.05) is 18.2 Å². The number of benzene rings is 1. The molecule has 2 heterocycles. The van der Waals surface area contributed by atoms with Crippen molar-refractivity contribution in [2.45, 2.75) is 0 Å². The molecule has 2 aromatic heterocycles. The normalized spacial score (nSPS) is 10.6. The van der Waals surface area contributed by atoms with E-state index in [1.807, 2.05) is 42.6 Å². The molecule has 0 aliphatic rings. The Morgan fingerprint density at radius 3 is 2.79 bits per heavy atom. The number of hydrogen-bond donors (Lipinski definition) is 1. The lowest BCUT2D eigenvalue weighted by Crippen LogP contribution is -2.02. The molecule has 116 valence electrons. The largest absolute Gasteiger partial charge is 0.477 e. The molecule has 1 N–H and O–H groups in total. The van der Waals surface area contributed by atoms with E-state index in [4.69, 9.17) is 10.4 Å². The average Bonchev–Trinajstić information content (AvgIpc) is 3.14. The smallest absolute Gasteiger partial charge is 0.354 e. The first-order valence-electron chi connectivity index (χ1n) is 7.10. The number of carbonyl (C=O) groups is 1. The highest BCUT2D eigenvalue weighted by Gasteiger charge is 2.08. The summed E-state index contributed by atoms with van der Waals surface area (Å²) >= 11 is 0. The standard InChI is InChI=1S/C18H12N4O2/c19-12-14-6-8-17(18(23)24)21-16(14)7-5-13-3-1-4-15(11-13)22-10-2-9-20-22/h1-11H,(H,23,24)/b7-5+. The SMILES string of the molecule is N#Cc1ccc(C(=O)O)nc1/C=C/c1cccc(-n2cccn2)c1. The molecule has 3 rings (SSSR count). The lowest BCUT2D eigenvalue weighted by atomic mass is 10.1. The van der Waals surface area contributed by atoms with E-state index < -0.39 is 5.97 Å². The Morgan fingerprint density at radius 1 is 1.21 bits per heavy atom. The van der Waals surface area contributed by atoms with Crippen LogP contribution in [-0.4, -0.2) is 25.8 Å². The number of nitrogens with zero attached hydrogens (tertiary/aromatic N) is 4. The second-order valence-corrected chi connectivity index (χ2v) is 4.93. The Hall–Kier alpha value is -3.72. The van der Waals surface area contributed by atoms with Crippen LogP contribution in [0.5, 0.6) is 0 Å². The van der Waals surface area contributed by atoms with Crippen LogP contribution in [-0.2, 0) is 0 Å². The molecule has 0 aliphatic carbocycles. The minimum Gasteiger partial charge on any atom is -0.477 e. The highest BCUT2D eigenvalue weighted by Crippen LogP contribution is 2.15. The van der Waals surface area contributed by atoms with Crippen LogP contribution in [0.1, 0.15) is 27.3 Å². The lowest BCUT2D eigenvalue weighted by Gasteiger charge is -2.03. The average molecular weight is 316 g/mol. The zero-order chi connectivity index (χ0) is 16.9. The Bertz CT molecular complexity index is 953. The van der Waals surface area contributed by atoms with Crippen molar-refractivity contribution >= 4 is 18.1 Å². The molecule has 0 atom stereocenters. The molecule has 0 radical (unpaired) electrons. The minimum absolute atomic E-state index is 0.0982. The maximum atomic E-state index is 11.0. The molecule has 0 fully saturated rings. The van der Waals surface area contributed by atoms with Gasteiger partial charge in [0.2, 0.25) is 0 Å². The first kappa shape index (κ1) is 15.2. The number of nitriles is 1. The zero-order valence-electron chi connectivity index (χ0n) is 12.5. The van der Waals surface area contributed by atoms with Crippen LogP contribution < -0.4 is 0 Å². The fourth-order valence-corrected chi connectivity index (χ4v) is 2.18. The third-order valence-electron chi connectivity index (χ3n) is 3.34. The summed E-state index contributed by atoms with van der Waals surface area (Å²) in [6.45, 7) is 0. The summed E-state index contributed by atoms with van der Waals surface area (Å²) in [6, 6.07) is 14.3. The predicted octanol–water partition coefficient (Wildman–Crippen LogP) is 3.01. The van der Waals surface area contributed by atoms with E-state index in [9.17, 15) is 4.79 Å². The maximum absolute atomic E-state index is 11.0. The van der Waals surface area contributed by atoms with Crippen molar-refractivity contribution in [2.24, 2.45) is 0 Å². The van der Waals surface area contributed by atoms with E-state index in [2.05, 4.69) is 10.1 Å². The van der Waals surface area contributed by atoms with Crippen LogP contribution >= 0.6 is 0 Å². The molecular formula is C18H12N4O2. The lowest BCUT2D eigenvalue weighted by molar-refractivity contribution is 0.0690. The quantitative estimate of drug-likeness (QED) is 0.798. The molecular weight excluding hydrogens is 304 g/mol. The van der Waals surface area contributed by atoms with Crippen LogP contribution in [0.4, 0.5) is 0 Å². The van der Waals surface area contributed by atoms with E-state index in [0.29, 0.717) is 11.3 Å². The fraction of sp³-hybridized carbons (Fsp3) is 0. The number of aromatic carboxylic acids is 1. The molecule has 0 bridgehead atoms. The van der Waals surface area contributed by atoms with Gasteiger partial charge in [-0.15, -0.1) is 0 Å². The van der Waals surface area contributed by atoms with Crippen molar-refractivity contribution in [3.05, 3.63) is 77.4 Å². The van der Waals surface area contributed by atoms with E-state index in [0.717, 1.165) is 11.3 Å². The monoisotopic (exact) mass is 316 g/mol. The molecule has 0 saturated heterocycles. The third kappa shape index (κ3) is 3.20. The highest BCUT2D eigenvalue weighted by atomic mass is 16.4. The van der Waals surface area contributed by atoms with Gasteiger partial charge in [-0.25, -0.2) is 14.5 Å². The Kier molecular flexibility index (Phi) is 4.17. The van der Waals surface area contributed by atoms with Gasteiger partial charge in [-0.05, 0) is 42.0 Å². The predicted molar refractivity (Wildman–Crippen MR) is 88.4 cm³/mol. The highest BCUT2D eigenvalue weighted by molar-refractivity contribution is 5.86. The van der Waals surface area contributed by atoms with Gasteiger partial charge in [0.25, 0.3) is 0 Å². The second-order valence-electron chi connectivity index (χ2n) is 4.93. The first-order chi connectivity index (χ1) is 11.7. The van der Waals surface area contributed by atoms with Crippen molar-refractivity contribution < 1.29 is 9.90 Å². The van der Waals surface area contributed by atoms with E-state index in [-0.39, 0.29) is 5.69 Å². The van der Waals surface area contributed by atoms with Gasteiger partial charge in [-0.3, -0.25) is 0 Å². The zero-order valence-corrected chi connectivity index (χ0v) is 12.5. The maximum Gasteiger partial charge on any atom is 0.354 e. The van der Waals surface area contributed by atoms with Gasteiger partial charge in [0.15, 0.2) is 0 Å². The summed E-state index contributed by atoms with van der Waals surface area (Å²) in [4.78, 5) is 15.0. The minimum atomic E-state index is -1.13.